The molecule has 0 aliphatic heterocycles. The van der Waals surface area contributed by atoms with Crippen molar-refractivity contribution in [1.29, 1.82) is 0 Å². The molecule has 2 atom stereocenters. The fraction of sp³-hybridized carbons (Fsp3) is 0.875. The first-order chi connectivity index (χ1) is 5.44. The van der Waals surface area contributed by atoms with Crippen LogP contribution in [0.15, 0.2) is 0 Å². The van der Waals surface area contributed by atoms with Gasteiger partial charge in [-0.3, -0.25) is 4.79 Å². The third-order valence-electron chi connectivity index (χ3n) is 2.74. The van der Waals surface area contributed by atoms with E-state index >= 15 is 0 Å². The van der Waals surface area contributed by atoms with Crippen molar-refractivity contribution < 1.29 is 9.90 Å². The zero-order valence-electron chi connectivity index (χ0n) is 7.50. The van der Waals surface area contributed by atoms with Crippen LogP contribution in [0, 0.1) is 5.41 Å². The van der Waals surface area contributed by atoms with Crippen molar-refractivity contribution in [1.82, 2.24) is 5.32 Å². The normalized spacial score (nSPS) is 32.6. The predicted molar refractivity (Wildman–Crippen MR) is 45.4 cm³/mol. The van der Waals surface area contributed by atoms with Crippen LogP contribution in [0.25, 0.3) is 0 Å². The molecule has 4 N–H and O–H groups in total. The molecule has 1 saturated carbocycles. The summed E-state index contributed by atoms with van der Waals surface area (Å²) in [5.41, 5.74) is 4.85. The van der Waals surface area contributed by atoms with Gasteiger partial charge < -0.3 is 16.2 Å². The second-order valence-corrected chi connectivity index (χ2v) is 3.97. The smallest absolute Gasteiger partial charge is 0.231 e. The zero-order chi connectivity index (χ0) is 9.35. The standard InChI is InChI=1S/C8H16N2O2/c1-8(2)5(3-6(8)11)10-4-7(9)12/h5-6,10-11H,3-4H2,1-2H3,(H2,9,12). The molecule has 2 unspecified atom stereocenters. The van der Waals surface area contributed by atoms with Crippen LogP contribution in [-0.4, -0.2) is 29.7 Å². The number of aliphatic hydroxyl groups is 1. The third-order valence-corrected chi connectivity index (χ3v) is 2.74. The Balaban J connectivity index is 2.32. The third kappa shape index (κ3) is 1.59. The van der Waals surface area contributed by atoms with Crippen molar-refractivity contribution in [2.24, 2.45) is 11.1 Å². The van der Waals surface area contributed by atoms with Crippen molar-refractivity contribution >= 4 is 5.91 Å². The van der Waals surface area contributed by atoms with Crippen molar-refractivity contribution in [3.8, 4) is 0 Å². The number of aliphatic hydroxyl groups excluding tert-OH is 1. The quantitative estimate of drug-likeness (QED) is 0.523. The second-order valence-electron chi connectivity index (χ2n) is 3.97. The summed E-state index contributed by atoms with van der Waals surface area (Å²) in [4.78, 5) is 10.4. The molecule has 0 bridgehead atoms. The average molecular weight is 172 g/mol. The van der Waals surface area contributed by atoms with Crippen LogP contribution in [0.1, 0.15) is 20.3 Å². The molecule has 0 spiro atoms. The average Bonchev–Trinajstić information content (AvgIpc) is 1.97. The molecule has 1 amide bonds. The first-order valence-electron chi connectivity index (χ1n) is 4.14. The van der Waals surface area contributed by atoms with Gasteiger partial charge in [0.1, 0.15) is 0 Å². The van der Waals surface area contributed by atoms with E-state index in [-0.39, 0.29) is 30.0 Å². The Morgan fingerprint density at radius 2 is 2.33 bits per heavy atom. The lowest BCUT2D eigenvalue weighted by molar-refractivity contribution is -0.119. The van der Waals surface area contributed by atoms with E-state index < -0.39 is 0 Å². The van der Waals surface area contributed by atoms with Gasteiger partial charge in [0.05, 0.1) is 12.6 Å². The SMILES string of the molecule is CC1(C)C(O)CC1NCC(N)=O. The molecule has 0 saturated heterocycles. The number of nitrogens with one attached hydrogen (secondary N) is 1. The highest BCUT2D eigenvalue weighted by atomic mass is 16.3. The topological polar surface area (TPSA) is 75.3 Å². The Hall–Kier alpha value is -0.610. The summed E-state index contributed by atoms with van der Waals surface area (Å²) in [5.74, 6) is -0.354. The van der Waals surface area contributed by atoms with Crippen molar-refractivity contribution in [2.45, 2.75) is 32.4 Å². The highest BCUT2D eigenvalue weighted by Crippen LogP contribution is 2.40. The molecule has 0 aromatic heterocycles. The maximum atomic E-state index is 10.4. The van der Waals surface area contributed by atoms with Crippen LogP contribution in [0.4, 0.5) is 0 Å². The molecule has 1 aliphatic carbocycles. The molecule has 70 valence electrons. The number of carbonyl (C=O) groups is 1. The predicted octanol–water partition coefficient (Wildman–Crippen LogP) is -0.779. The molecule has 4 nitrogen and oxygen atoms in total. The second kappa shape index (κ2) is 3.03. The number of hydrogen-bond acceptors (Lipinski definition) is 3. The zero-order valence-corrected chi connectivity index (χ0v) is 7.50. The van der Waals surface area contributed by atoms with Gasteiger partial charge in [-0.25, -0.2) is 0 Å². The molecule has 0 aromatic rings. The van der Waals surface area contributed by atoms with Crippen molar-refractivity contribution in [3.05, 3.63) is 0 Å². The van der Waals surface area contributed by atoms with E-state index in [0.29, 0.717) is 6.42 Å². The lowest BCUT2D eigenvalue weighted by atomic mass is 9.64. The van der Waals surface area contributed by atoms with Gasteiger partial charge in [-0.05, 0) is 6.42 Å². The monoisotopic (exact) mass is 172 g/mol. The minimum Gasteiger partial charge on any atom is -0.392 e. The van der Waals surface area contributed by atoms with E-state index in [0.717, 1.165) is 0 Å². The highest BCUT2D eigenvalue weighted by molar-refractivity contribution is 5.75. The summed E-state index contributed by atoms with van der Waals surface area (Å²) in [5, 5.41) is 12.4. The largest absolute Gasteiger partial charge is 0.392 e. The summed E-state index contributed by atoms with van der Waals surface area (Å²) in [7, 11) is 0. The fourth-order valence-corrected chi connectivity index (χ4v) is 1.47. The summed E-state index contributed by atoms with van der Waals surface area (Å²) in [6.45, 7) is 4.14. The Kier molecular flexibility index (Phi) is 2.39. The Morgan fingerprint density at radius 1 is 1.75 bits per heavy atom. The Labute approximate surface area is 72.1 Å². The molecule has 0 radical (unpaired) electrons. The van der Waals surface area contributed by atoms with E-state index in [9.17, 15) is 9.90 Å². The maximum absolute atomic E-state index is 10.4. The van der Waals surface area contributed by atoms with Gasteiger partial charge in [0.15, 0.2) is 0 Å². The number of primary amides is 1. The van der Waals surface area contributed by atoms with Gasteiger partial charge in [-0.2, -0.15) is 0 Å². The lowest BCUT2D eigenvalue weighted by Crippen LogP contribution is -2.60. The van der Waals surface area contributed by atoms with Gasteiger partial charge >= 0.3 is 0 Å². The summed E-state index contributed by atoms with van der Waals surface area (Å²) in [6, 6.07) is 0.208. The van der Waals surface area contributed by atoms with Crippen LogP contribution >= 0.6 is 0 Å². The lowest BCUT2D eigenvalue weighted by Gasteiger charge is -2.49. The highest BCUT2D eigenvalue weighted by Gasteiger charge is 2.46. The van der Waals surface area contributed by atoms with Gasteiger partial charge in [-0.1, -0.05) is 13.8 Å². The molecule has 1 rings (SSSR count). The van der Waals surface area contributed by atoms with E-state index in [2.05, 4.69) is 5.32 Å². The molecule has 12 heavy (non-hydrogen) atoms. The number of amides is 1. The summed E-state index contributed by atoms with van der Waals surface area (Å²) >= 11 is 0. The molecule has 1 aliphatic rings. The summed E-state index contributed by atoms with van der Waals surface area (Å²) < 4.78 is 0. The van der Waals surface area contributed by atoms with Crippen LogP contribution < -0.4 is 11.1 Å². The van der Waals surface area contributed by atoms with E-state index in [1.54, 1.807) is 0 Å². The van der Waals surface area contributed by atoms with E-state index in [4.69, 9.17) is 5.73 Å². The van der Waals surface area contributed by atoms with Crippen LogP contribution in [0.2, 0.25) is 0 Å². The van der Waals surface area contributed by atoms with Gasteiger partial charge in [0, 0.05) is 11.5 Å². The number of rotatable bonds is 3. The first-order valence-corrected chi connectivity index (χ1v) is 4.14. The van der Waals surface area contributed by atoms with Gasteiger partial charge in [0.2, 0.25) is 5.91 Å². The molecular weight excluding hydrogens is 156 g/mol. The fourth-order valence-electron chi connectivity index (χ4n) is 1.47. The minimum atomic E-state index is -0.354. The molecular formula is C8H16N2O2. The Morgan fingerprint density at radius 3 is 2.67 bits per heavy atom. The molecule has 0 aromatic carbocycles. The molecule has 4 heteroatoms. The number of hydrogen-bond donors (Lipinski definition) is 3. The number of nitrogens with two attached hydrogens (primary N) is 1. The first kappa shape index (κ1) is 9.48. The minimum absolute atomic E-state index is 0.130. The number of carbonyl (C=O) groups excluding carboxylic acids is 1. The van der Waals surface area contributed by atoms with Crippen LogP contribution in [0.5, 0.6) is 0 Å². The van der Waals surface area contributed by atoms with Crippen LogP contribution in [-0.2, 0) is 4.79 Å². The van der Waals surface area contributed by atoms with Crippen molar-refractivity contribution in [3.63, 3.8) is 0 Å². The van der Waals surface area contributed by atoms with Gasteiger partial charge in [0.25, 0.3) is 0 Å². The molecule has 1 fully saturated rings. The van der Waals surface area contributed by atoms with E-state index in [1.165, 1.54) is 0 Å². The van der Waals surface area contributed by atoms with Crippen LogP contribution in [0.3, 0.4) is 0 Å². The van der Waals surface area contributed by atoms with Gasteiger partial charge in [-0.15, -0.1) is 0 Å². The Bertz CT molecular complexity index is 191. The maximum Gasteiger partial charge on any atom is 0.231 e. The molecule has 0 heterocycles. The summed E-state index contributed by atoms with van der Waals surface area (Å²) in [6.07, 6.45) is 0.447. The van der Waals surface area contributed by atoms with Crippen molar-refractivity contribution in [2.75, 3.05) is 6.54 Å². The van der Waals surface area contributed by atoms with E-state index in [1.807, 2.05) is 13.8 Å².